The van der Waals surface area contributed by atoms with Crippen LogP contribution in [0.3, 0.4) is 0 Å². The molecule has 5 heteroatoms. The van der Waals surface area contributed by atoms with Gasteiger partial charge in [-0.25, -0.2) is 4.79 Å². The summed E-state index contributed by atoms with van der Waals surface area (Å²) in [7, 11) is 0. The lowest BCUT2D eigenvalue weighted by molar-refractivity contribution is -0.146. The van der Waals surface area contributed by atoms with Gasteiger partial charge in [0.05, 0.1) is 5.02 Å². The minimum atomic E-state index is -1.58. The topological polar surface area (TPSA) is 57.5 Å². The number of carboxylic acids is 1. The van der Waals surface area contributed by atoms with Gasteiger partial charge in [0.15, 0.2) is 6.10 Å². The Balaban J connectivity index is 3.15. The van der Waals surface area contributed by atoms with Crippen LogP contribution in [0, 0.1) is 0 Å². The van der Waals surface area contributed by atoms with Gasteiger partial charge < -0.3 is 10.2 Å². The van der Waals surface area contributed by atoms with Gasteiger partial charge in [0, 0.05) is 10.0 Å². The number of hydrogen-bond acceptors (Lipinski definition) is 2. The van der Waals surface area contributed by atoms with Crippen LogP contribution in [0.2, 0.25) is 5.02 Å². The Morgan fingerprint density at radius 1 is 1.54 bits per heavy atom. The van der Waals surface area contributed by atoms with Crippen molar-refractivity contribution in [3.05, 3.63) is 33.3 Å². The number of benzene rings is 1. The number of aliphatic hydroxyl groups excluding tert-OH is 1. The zero-order valence-corrected chi connectivity index (χ0v) is 8.71. The number of aliphatic hydroxyl groups is 1. The van der Waals surface area contributed by atoms with Crippen molar-refractivity contribution in [3.63, 3.8) is 0 Å². The maximum absolute atomic E-state index is 10.4. The van der Waals surface area contributed by atoms with E-state index in [2.05, 4.69) is 15.9 Å². The average Bonchev–Trinajstić information content (AvgIpc) is 2.08. The second-order valence-electron chi connectivity index (χ2n) is 2.38. The zero-order valence-electron chi connectivity index (χ0n) is 6.37. The molecule has 0 fully saturated rings. The number of carboxylic acid groups (broad SMARTS) is 1. The van der Waals surface area contributed by atoms with E-state index in [1.165, 1.54) is 6.07 Å². The molecule has 0 aliphatic rings. The van der Waals surface area contributed by atoms with Crippen molar-refractivity contribution in [3.8, 4) is 0 Å². The fourth-order valence-corrected chi connectivity index (χ4v) is 1.48. The molecule has 0 saturated carbocycles. The monoisotopic (exact) mass is 264 g/mol. The molecule has 0 spiro atoms. The van der Waals surface area contributed by atoms with Gasteiger partial charge >= 0.3 is 5.97 Å². The molecule has 0 heterocycles. The molecular weight excluding hydrogens is 259 g/mol. The highest BCUT2D eigenvalue weighted by Gasteiger charge is 2.19. The van der Waals surface area contributed by atoms with Crippen molar-refractivity contribution in [1.29, 1.82) is 0 Å². The molecule has 0 aliphatic heterocycles. The molecule has 0 aliphatic carbocycles. The quantitative estimate of drug-likeness (QED) is 0.862. The Kier molecular flexibility index (Phi) is 3.30. The summed E-state index contributed by atoms with van der Waals surface area (Å²) in [5, 5.41) is 17.9. The van der Waals surface area contributed by atoms with E-state index in [4.69, 9.17) is 16.7 Å². The zero-order chi connectivity index (χ0) is 10.0. The van der Waals surface area contributed by atoms with Gasteiger partial charge in [-0.2, -0.15) is 0 Å². The maximum atomic E-state index is 10.4. The Morgan fingerprint density at radius 3 is 2.69 bits per heavy atom. The average molecular weight is 265 g/mol. The molecule has 2 N–H and O–H groups in total. The number of halogens is 2. The highest BCUT2D eigenvalue weighted by Crippen LogP contribution is 2.30. The van der Waals surface area contributed by atoms with Gasteiger partial charge in [-0.15, -0.1) is 0 Å². The molecule has 0 amide bonds. The minimum Gasteiger partial charge on any atom is -0.479 e. The summed E-state index contributed by atoms with van der Waals surface area (Å²) < 4.78 is 0.562. The minimum absolute atomic E-state index is 0.184. The fourth-order valence-electron chi connectivity index (χ4n) is 0.865. The molecular formula is C8H6BrClO3. The van der Waals surface area contributed by atoms with Gasteiger partial charge in [-0.1, -0.05) is 23.7 Å². The first kappa shape index (κ1) is 10.5. The van der Waals surface area contributed by atoms with Crippen LogP contribution in [0.1, 0.15) is 11.7 Å². The lowest BCUT2D eigenvalue weighted by atomic mass is 10.1. The Bertz CT molecular complexity index is 340. The molecule has 3 nitrogen and oxygen atoms in total. The van der Waals surface area contributed by atoms with E-state index in [1.54, 1.807) is 12.1 Å². The highest BCUT2D eigenvalue weighted by molar-refractivity contribution is 9.10. The molecule has 13 heavy (non-hydrogen) atoms. The van der Waals surface area contributed by atoms with E-state index in [0.29, 0.717) is 4.47 Å². The normalized spacial score (nSPS) is 12.5. The van der Waals surface area contributed by atoms with E-state index in [9.17, 15) is 9.90 Å². The molecule has 0 saturated heterocycles. The van der Waals surface area contributed by atoms with E-state index >= 15 is 0 Å². The summed E-state index contributed by atoms with van der Waals surface area (Å²) in [4.78, 5) is 10.4. The lowest BCUT2D eigenvalue weighted by Crippen LogP contribution is -2.10. The summed E-state index contributed by atoms with van der Waals surface area (Å²) >= 11 is 8.89. The van der Waals surface area contributed by atoms with Crippen molar-refractivity contribution in [1.82, 2.24) is 0 Å². The molecule has 0 radical (unpaired) electrons. The van der Waals surface area contributed by atoms with E-state index < -0.39 is 12.1 Å². The molecule has 1 rings (SSSR count). The van der Waals surface area contributed by atoms with Crippen molar-refractivity contribution in [2.75, 3.05) is 0 Å². The third kappa shape index (κ3) is 2.21. The third-order valence-corrected chi connectivity index (χ3v) is 2.82. The first-order valence-electron chi connectivity index (χ1n) is 3.39. The van der Waals surface area contributed by atoms with Crippen LogP contribution >= 0.6 is 27.5 Å². The predicted octanol–water partition coefficient (Wildman–Crippen LogP) is 2.22. The molecule has 0 bridgehead atoms. The summed E-state index contributed by atoms with van der Waals surface area (Å²) in [6.07, 6.45) is -1.58. The predicted molar refractivity (Wildman–Crippen MR) is 51.7 cm³/mol. The van der Waals surface area contributed by atoms with Crippen molar-refractivity contribution in [2.24, 2.45) is 0 Å². The fraction of sp³-hybridized carbons (Fsp3) is 0.125. The number of aliphatic carboxylic acids is 1. The van der Waals surface area contributed by atoms with E-state index in [1.807, 2.05) is 0 Å². The summed E-state index contributed by atoms with van der Waals surface area (Å²) in [5.74, 6) is -1.32. The molecule has 1 atom stereocenters. The second kappa shape index (κ2) is 4.09. The van der Waals surface area contributed by atoms with Crippen LogP contribution in [0.4, 0.5) is 0 Å². The Hall–Kier alpha value is -0.580. The molecule has 1 aromatic carbocycles. The van der Waals surface area contributed by atoms with Crippen molar-refractivity contribution in [2.45, 2.75) is 6.10 Å². The van der Waals surface area contributed by atoms with Crippen LogP contribution in [-0.4, -0.2) is 16.2 Å². The van der Waals surface area contributed by atoms with Gasteiger partial charge in [0.25, 0.3) is 0 Å². The number of rotatable bonds is 2. The first-order valence-corrected chi connectivity index (χ1v) is 4.56. The largest absolute Gasteiger partial charge is 0.479 e. The summed E-state index contributed by atoms with van der Waals surface area (Å²) in [6.45, 7) is 0. The van der Waals surface area contributed by atoms with Crippen LogP contribution in [0.15, 0.2) is 22.7 Å². The summed E-state index contributed by atoms with van der Waals surface area (Å²) in [6, 6.07) is 4.74. The smallest absolute Gasteiger partial charge is 0.337 e. The van der Waals surface area contributed by atoms with Crippen LogP contribution in [0.25, 0.3) is 0 Å². The van der Waals surface area contributed by atoms with Gasteiger partial charge in [-0.05, 0) is 22.0 Å². The molecule has 0 unspecified atom stereocenters. The first-order chi connectivity index (χ1) is 6.04. The van der Waals surface area contributed by atoms with Gasteiger partial charge in [0.2, 0.25) is 0 Å². The lowest BCUT2D eigenvalue weighted by Gasteiger charge is -2.08. The molecule has 1 aromatic rings. The van der Waals surface area contributed by atoms with Crippen LogP contribution in [0.5, 0.6) is 0 Å². The standard InChI is InChI=1S/C8H6BrClO3/c9-5-3-1-2-4(6(5)10)7(11)8(12)13/h1-3,7,11H,(H,12,13)/t7-/m1/s1. The van der Waals surface area contributed by atoms with E-state index in [-0.39, 0.29) is 10.6 Å². The maximum Gasteiger partial charge on any atom is 0.337 e. The second-order valence-corrected chi connectivity index (χ2v) is 3.62. The number of carbonyl (C=O) groups is 1. The SMILES string of the molecule is O=C(O)[C@H](O)c1cccc(Br)c1Cl. The van der Waals surface area contributed by atoms with Gasteiger partial charge in [-0.3, -0.25) is 0 Å². The van der Waals surface area contributed by atoms with Crippen LogP contribution in [-0.2, 0) is 4.79 Å². The van der Waals surface area contributed by atoms with Crippen molar-refractivity contribution >= 4 is 33.5 Å². The Morgan fingerprint density at radius 2 is 2.15 bits per heavy atom. The van der Waals surface area contributed by atoms with Gasteiger partial charge in [0.1, 0.15) is 0 Å². The highest BCUT2D eigenvalue weighted by atomic mass is 79.9. The van der Waals surface area contributed by atoms with Crippen LogP contribution < -0.4 is 0 Å². The molecule has 0 aromatic heterocycles. The number of hydrogen-bond donors (Lipinski definition) is 2. The van der Waals surface area contributed by atoms with E-state index in [0.717, 1.165) is 0 Å². The third-order valence-electron chi connectivity index (χ3n) is 1.51. The summed E-state index contributed by atoms with van der Waals surface area (Å²) in [5.41, 5.74) is 0.184. The van der Waals surface area contributed by atoms with Crippen molar-refractivity contribution < 1.29 is 15.0 Å². The molecule has 70 valence electrons. The Labute approximate surface area is 88.1 Å².